The summed E-state index contributed by atoms with van der Waals surface area (Å²) in [6, 6.07) is 5.78. The second-order valence-corrected chi connectivity index (χ2v) is 10.5. The molecule has 0 fully saturated rings. The first-order valence-electron chi connectivity index (χ1n) is 11.1. The second-order valence-electron chi connectivity index (χ2n) is 8.39. The number of thioether (sulfide) groups is 1. The zero-order chi connectivity index (χ0) is 23.5. The van der Waals surface area contributed by atoms with Gasteiger partial charge in [-0.1, -0.05) is 24.8 Å². The zero-order valence-corrected chi connectivity index (χ0v) is 20.8. The number of methoxy groups -OCH3 is 2. The van der Waals surface area contributed by atoms with Gasteiger partial charge in [0.2, 0.25) is 5.91 Å². The third-order valence-corrected chi connectivity index (χ3v) is 8.16. The maximum absolute atomic E-state index is 13.7. The summed E-state index contributed by atoms with van der Waals surface area (Å²) in [7, 11) is 3.22. The Morgan fingerprint density at radius 2 is 2.09 bits per heavy atom. The van der Waals surface area contributed by atoms with Crippen molar-refractivity contribution >= 4 is 39.2 Å². The number of aromatic nitrogens is 2. The van der Waals surface area contributed by atoms with Gasteiger partial charge in [-0.3, -0.25) is 14.2 Å². The quantitative estimate of drug-likeness (QED) is 0.364. The molecular formula is C24H29N3O4S2. The molecule has 1 atom stereocenters. The number of amides is 1. The zero-order valence-electron chi connectivity index (χ0n) is 19.2. The van der Waals surface area contributed by atoms with Gasteiger partial charge in [0.15, 0.2) is 16.7 Å². The summed E-state index contributed by atoms with van der Waals surface area (Å²) in [5.41, 5.74) is 7.54. The summed E-state index contributed by atoms with van der Waals surface area (Å²) < 4.78 is 12.5. The number of carbonyl (C=O) groups is 1. The number of rotatable bonds is 9. The highest BCUT2D eigenvalue weighted by atomic mass is 32.2. The van der Waals surface area contributed by atoms with Crippen molar-refractivity contribution in [2.45, 2.75) is 50.7 Å². The molecule has 1 aliphatic carbocycles. The third kappa shape index (κ3) is 5.04. The van der Waals surface area contributed by atoms with Crippen molar-refractivity contribution in [1.82, 2.24) is 9.55 Å². The lowest BCUT2D eigenvalue weighted by molar-refractivity contribution is -0.117. The van der Waals surface area contributed by atoms with E-state index in [2.05, 4.69) is 6.92 Å². The van der Waals surface area contributed by atoms with Gasteiger partial charge in [-0.05, 0) is 54.9 Å². The summed E-state index contributed by atoms with van der Waals surface area (Å²) in [4.78, 5) is 31.9. The van der Waals surface area contributed by atoms with Crippen molar-refractivity contribution in [3.05, 3.63) is 44.6 Å². The highest BCUT2D eigenvalue weighted by Crippen LogP contribution is 2.36. The number of carbonyl (C=O) groups excluding carboxylic acids is 1. The van der Waals surface area contributed by atoms with Gasteiger partial charge in [0.25, 0.3) is 5.56 Å². The van der Waals surface area contributed by atoms with E-state index < -0.39 is 0 Å². The first-order valence-corrected chi connectivity index (χ1v) is 12.9. The molecule has 7 nitrogen and oxygen atoms in total. The maximum Gasteiger partial charge on any atom is 0.263 e. The van der Waals surface area contributed by atoms with Crippen LogP contribution in [0, 0.1) is 5.92 Å². The van der Waals surface area contributed by atoms with E-state index in [0.717, 1.165) is 35.0 Å². The van der Waals surface area contributed by atoms with Crippen LogP contribution >= 0.6 is 23.1 Å². The molecule has 33 heavy (non-hydrogen) atoms. The lowest BCUT2D eigenvalue weighted by Gasteiger charge is -2.18. The average Bonchev–Trinajstić information content (AvgIpc) is 3.15. The van der Waals surface area contributed by atoms with Crippen LogP contribution in [0.25, 0.3) is 10.2 Å². The number of primary amides is 1. The van der Waals surface area contributed by atoms with E-state index in [1.165, 1.54) is 22.2 Å². The Hall–Kier alpha value is -2.52. The molecule has 0 saturated heterocycles. The van der Waals surface area contributed by atoms with Crippen molar-refractivity contribution in [2.24, 2.45) is 11.7 Å². The van der Waals surface area contributed by atoms with Gasteiger partial charge < -0.3 is 15.2 Å². The molecule has 0 unspecified atom stereocenters. The molecule has 0 saturated carbocycles. The van der Waals surface area contributed by atoms with E-state index in [-0.39, 0.29) is 17.9 Å². The summed E-state index contributed by atoms with van der Waals surface area (Å²) in [6.07, 6.45) is 3.91. The van der Waals surface area contributed by atoms with Gasteiger partial charge >= 0.3 is 0 Å². The van der Waals surface area contributed by atoms with Crippen molar-refractivity contribution in [2.75, 3.05) is 20.0 Å². The molecular weight excluding hydrogens is 458 g/mol. The molecule has 0 aliphatic heterocycles. The highest BCUT2D eigenvalue weighted by molar-refractivity contribution is 7.99. The summed E-state index contributed by atoms with van der Waals surface area (Å²) in [6.45, 7) is 2.74. The number of thiophene rings is 1. The van der Waals surface area contributed by atoms with Crippen LogP contribution < -0.4 is 20.8 Å². The summed E-state index contributed by atoms with van der Waals surface area (Å²) in [5.74, 6) is 2.09. The van der Waals surface area contributed by atoms with Crippen LogP contribution in [0.2, 0.25) is 0 Å². The molecule has 0 bridgehead atoms. The van der Waals surface area contributed by atoms with Gasteiger partial charge in [-0.15, -0.1) is 11.3 Å². The minimum Gasteiger partial charge on any atom is -0.493 e. The predicted molar refractivity (Wildman–Crippen MR) is 133 cm³/mol. The van der Waals surface area contributed by atoms with Gasteiger partial charge in [0, 0.05) is 23.6 Å². The molecule has 3 aromatic rings. The molecule has 2 N–H and O–H groups in total. The average molecular weight is 488 g/mol. The molecule has 4 rings (SSSR count). The fourth-order valence-electron chi connectivity index (χ4n) is 4.23. The van der Waals surface area contributed by atoms with Gasteiger partial charge in [0.1, 0.15) is 4.83 Å². The first-order chi connectivity index (χ1) is 15.9. The minimum absolute atomic E-state index is 0.00843. The molecule has 1 aliphatic rings. The molecule has 2 heterocycles. The Kier molecular flexibility index (Phi) is 7.29. The van der Waals surface area contributed by atoms with Gasteiger partial charge in [-0.25, -0.2) is 4.98 Å². The molecule has 1 amide bonds. The number of benzene rings is 1. The lowest BCUT2D eigenvalue weighted by Crippen LogP contribution is -2.25. The largest absolute Gasteiger partial charge is 0.493 e. The van der Waals surface area contributed by atoms with E-state index in [1.807, 2.05) is 18.2 Å². The van der Waals surface area contributed by atoms with Crippen LogP contribution in [0.3, 0.4) is 0 Å². The van der Waals surface area contributed by atoms with Crippen molar-refractivity contribution in [3.63, 3.8) is 0 Å². The van der Waals surface area contributed by atoms with E-state index in [4.69, 9.17) is 20.2 Å². The molecule has 176 valence electrons. The van der Waals surface area contributed by atoms with E-state index >= 15 is 0 Å². The second kappa shape index (κ2) is 10.2. The van der Waals surface area contributed by atoms with Gasteiger partial charge in [-0.2, -0.15) is 0 Å². The Bertz CT molecular complexity index is 1230. The Morgan fingerprint density at radius 1 is 1.30 bits per heavy atom. The van der Waals surface area contributed by atoms with Crippen LogP contribution in [0.5, 0.6) is 11.5 Å². The molecule has 1 aromatic carbocycles. The number of nitrogens with zero attached hydrogens (tertiary/aromatic N) is 2. The van der Waals surface area contributed by atoms with Crippen LogP contribution in [-0.2, 0) is 30.6 Å². The van der Waals surface area contributed by atoms with Crippen molar-refractivity contribution < 1.29 is 14.3 Å². The fraction of sp³-hybridized carbons (Fsp3) is 0.458. The number of aryl methyl sites for hydroxylation is 2. The molecule has 0 radical (unpaired) electrons. The monoisotopic (exact) mass is 487 g/mol. The molecule has 9 heteroatoms. The van der Waals surface area contributed by atoms with Gasteiger partial charge in [0.05, 0.1) is 19.6 Å². The maximum atomic E-state index is 13.7. The normalized spacial score (nSPS) is 15.4. The number of hydrogen-bond acceptors (Lipinski definition) is 7. The van der Waals surface area contributed by atoms with Crippen LogP contribution in [0.15, 0.2) is 28.2 Å². The van der Waals surface area contributed by atoms with E-state index in [9.17, 15) is 9.59 Å². The fourth-order valence-corrected chi connectivity index (χ4v) is 6.63. The highest BCUT2D eigenvalue weighted by Gasteiger charge is 2.24. The van der Waals surface area contributed by atoms with Crippen LogP contribution in [0.4, 0.5) is 0 Å². The molecule has 2 aromatic heterocycles. The van der Waals surface area contributed by atoms with Crippen molar-refractivity contribution in [1.29, 1.82) is 0 Å². The van der Waals surface area contributed by atoms with E-state index in [0.29, 0.717) is 41.3 Å². The third-order valence-electron chi connectivity index (χ3n) is 6.03. The smallest absolute Gasteiger partial charge is 0.263 e. The lowest BCUT2D eigenvalue weighted by atomic mass is 9.89. The number of hydrogen-bond donors (Lipinski definition) is 1. The summed E-state index contributed by atoms with van der Waals surface area (Å²) >= 11 is 3.06. The summed E-state index contributed by atoms with van der Waals surface area (Å²) in [5, 5.41) is 1.41. The molecule has 0 spiro atoms. The number of ether oxygens (including phenoxy) is 2. The number of nitrogens with two attached hydrogens (primary N) is 1. The topological polar surface area (TPSA) is 96.4 Å². The minimum atomic E-state index is -0.358. The van der Waals surface area contributed by atoms with Crippen LogP contribution in [-0.4, -0.2) is 35.4 Å². The first kappa shape index (κ1) is 23.6. The SMILES string of the molecule is COc1ccc(CCn2c(SCCC(N)=O)nc3sc4c(c3c2=O)CC[C@@H](C)C4)cc1OC. The van der Waals surface area contributed by atoms with Crippen molar-refractivity contribution in [3.8, 4) is 11.5 Å². The Balaban J connectivity index is 1.70. The Labute approximate surface area is 201 Å². The predicted octanol–water partition coefficient (Wildman–Crippen LogP) is 3.81. The standard InChI is InChI=1S/C24H29N3O4S2/c1-14-4-6-16-19(12-14)33-22-21(16)23(29)27(24(26-22)32-11-9-20(25)28)10-8-15-5-7-17(30-2)18(13-15)31-3/h5,7,13-14H,4,6,8-12H2,1-3H3,(H2,25,28)/t14-/m1/s1. The van der Waals surface area contributed by atoms with E-state index in [1.54, 1.807) is 30.1 Å². The number of fused-ring (bicyclic) bond motifs is 3. The Morgan fingerprint density at radius 3 is 2.82 bits per heavy atom. The van der Waals surface area contributed by atoms with Crippen LogP contribution in [0.1, 0.15) is 35.8 Å².